The van der Waals surface area contributed by atoms with E-state index in [1.165, 1.54) is 23.9 Å². The fourth-order valence-electron chi connectivity index (χ4n) is 1.07. The Hall–Kier alpha value is -0.350. The van der Waals surface area contributed by atoms with Crippen LogP contribution in [0.1, 0.15) is 31.1 Å². The van der Waals surface area contributed by atoms with Crippen molar-refractivity contribution in [3.8, 4) is 0 Å². The molecule has 1 aromatic rings. The van der Waals surface area contributed by atoms with Crippen molar-refractivity contribution in [3.05, 3.63) is 34.1 Å². The molecule has 0 saturated carbocycles. The number of rotatable bonds is 3. The van der Waals surface area contributed by atoms with Crippen LogP contribution in [0.4, 0.5) is 4.39 Å². The maximum Gasteiger partial charge on any atom is 0.175 e. The third-order valence-corrected chi connectivity index (χ3v) is 3.63. The zero-order valence-electron chi connectivity index (χ0n) is 9.51. The summed E-state index contributed by atoms with van der Waals surface area (Å²) in [4.78, 5) is 11.8. The van der Waals surface area contributed by atoms with E-state index in [-0.39, 0.29) is 16.1 Å². The van der Waals surface area contributed by atoms with E-state index in [0.717, 1.165) is 4.47 Å². The predicted octanol–water partition coefficient (Wildman–Crippen LogP) is 4.30. The smallest absolute Gasteiger partial charge is 0.175 e. The molecule has 0 unspecified atom stereocenters. The molecule has 88 valence electrons. The zero-order chi connectivity index (χ0) is 12.3. The van der Waals surface area contributed by atoms with Crippen molar-refractivity contribution < 1.29 is 9.18 Å². The summed E-state index contributed by atoms with van der Waals surface area (Å²) in [5.74, 6) is -0.321. The molecule has 0 N–H and O–H groups in total. The van der Waals surface area contributed by atoms with Gasteiger partial charge in [-0.1, -0.05) is 36.7 Å². The van der Waals surface area contributed by atoms with Crippen molar-refractivity contribution in [1.82, 2.24) is 0 Å². The fraction of sp³-hybridized carbons (Fsp3) is 0.417. The number of carbonyl (C=O) groups excluding carboxylic acids is 1. The van der Waals surface area contributed by atoms with Crippen LogP contribution in [-0.4, -0.2) is 16.3 Å². The Bertz CT molecular complexity index is 398. The molecule has 1 aromatic carbocycles. The molecule has 0 radical (unpaired) electrons. The molecule has 1 nitrogen and oxygen atoms in total. The molecule has 0 bridgehead atoms. The molecule has 0 aliphatic rings. The monoisotopic (exact) mass is 304 g/mol. The molecule has 0 aliphatic carbocycles. The normalized spacial score (nSPS) is 11.6. The lowest BCUT2D eigenvalue weighted by molar-refractivity contribution is 0.101. The Morgan fingerprint density at radius 1 is 1.44 bits per heavy atom. The Morgan fingerprint density at radius 3 is 2.62 bits per heavy atom. The average molecular weight is 305 g/mol. The van der Waals surface area contributed by atoms with E-state index < -0.39 is 5.82 Å². The number of carbonyl (C=O) groups is 1. The molecule has 0 amide bonds. The summed E-state index contributed by atoms with van der Waals surface area (Å²) in [6.45, 7) is 6.09. The van der Waals surface area contributed by atoms with Crippen molar-refractivity contribution in [2.24, 2.45) is 0 Å². The van der Waals surface area contributed by atoms with Crippen LogP contribution in [-0.2, 0) is 0 Å². The second-order valence-corrected chi connectivity index (χ2v) is 7.17. The van der Waals surface area contributed by atoms with Gasteiger partial charge in [-0.3, -0.25) is 4.79 Å². The van der Waals surface area contributed by atoms with Crippen LogP contribution in [0.25, 0.3) is 0 Å². The van der Waals surface area contributed by atoms with Gasteiger partial charge in [-0.05, 0) is 18.2 Å². The van der Waals surface area contributed by atoms with Crippen LogP contribution in [0.3, 0.4) is 0 Å². The van der Waals surface area contributed by atoms with Gasteiger partial charge >= 0.3 is 0 Å². The molecule has 0 aromatic heterocycles. The van der Waals surface area contributed by atoms with Gasteiger partial charge in [0.15, 0.2) is 5.78 Å². The summed E-state index contributed by atoms with van der Waals surface area (Å²) >= 11 is 4.75. The zero-order valence-corrected chi connectivity index (χ0v) is 11.9. The molecule has 4 heteroatoms. The van der Waals surface area contributed by atoms with E-state index in [9.17, 15) is 9.18 Å². The maximum atomic E-state index is 13.4. The lowest BCUT2D eigenvalue weighted by Crippen LogP contribution is -2.14. The van der Waals surface area contributed by atoms with Gasteiger partial charge < -0.3 is 0 Å². The highest BCUT2D eigenvalue weighted by Crippen LogP contribution is 2.25. The maximum absolute atomic E-state index is 13.4. The first-order valence-corrected chi connectivity index (χ1v) is 6.70. The van der Waals surface area contributed by atoms with Crippen molar-refractivity contribution in [2.75, 3.05) is 5.75 Å². The molecular formula is C12H14BrFOS. The molecule has 0 spiro atoms. The molecule has 16 heavy (non-hydrogen) atoms. The topological polar surface area (TPSA) is 17.1 Å². The van der Waals surface area contributed by atoms with Crippen molar-refractivity contribution in [3.63, 3.8) is 0 Å². The summed E-state index contributed by atoms with van der Waals surface area (Å²) in [7, 11) is 0. The fourth-order valence-corrected chi connectivity index (χ4v) is 2.15. The third-order valence-electron chi connectivity index (χ3n) is 1.87. The molecule has 0 saturated heterocycles. The highest BCUT2D eigenvalue weighted by Gasteiger charge is 2.17. The molecule has 0 atom stereocenters. The van der Waals surface area contributed by atoms with Gasteiger partial charge in [-0.25, -0.2) is 4.39 Å². The van der Waals surface area contributed by atoms with Crippen molar-refractivity contribution >= 4 is 33.5 Å². The van der Waals surface area contributed by atoms with Gasteiger partial charge in [-0.15, -0.1) is 11.8 Å². The number of benzene rings is 1. The van der Waals surface area contributed by atoms with E-state index in [1.807, 2.05) is 20.8 Å². The molecule has 0 aliphatic heterocycles. The van der Waals surface area contributed by atoms with E-state index >= 15 is 0 Å². The van der Waals surface area contributed by atoms with Gasteiger partial charge in [-0.2, -0.15) is 0 Å². The van der Waals surface area contributed by atoms with Crippen molar-refractivity contribution in [1.29, 1.82) is 0 Å². The largest absolute Gasteiger partial charge is 0.293 e. The van der Waals surface area contributed by atoms with Gasteiger partial charge in [0.05, 0.1) is 11.3 Å². The lowest BCUT2D eigenvalue weighted by Gasteiger charge is -2.16. The number of Topliss-reactive ketones (excluding diaryl/α,β-unsaturated/α-hetero) is 1. The number of ketones is 1. The van der Waals surface area contributed by atoms with Gasteiger partial charge in [0, 0.05) is 9.22 Å². The number of halogens is 2. The first-order chi connectivity index (χ1) is 7.29. The molecule has 1 rings (SSSR count). The average Bonchev–Trinajstić information content (AvgIpc) is 2.17. The second-order valence-electron chi connectivity index (χ2n) is 4.45. The van der Waals surface area contributed by atoms with Gasteiger partial charge in [0.25, 0.3) is 0 Å². The Kier molecular flexibility index (Phi) is 4.56. The van der Waals surface area contributed by atoms with Crippen LogP contribution in [0.5, 0.6) is 0 Å². The number of hydrogen-bond acceptors (Lipinski definition) is 2. The minimum absolute atomic E-state index is 0.0121. The van der Waals surface area contributed by atoms with Crippen LogP contribution in [0, 0.1) is 5.82 Å². The highest BCUT2D eigenvalue weighted by atomic mass is 79.9. The van der Waals surface area contributed by atoms with E-state index in [1.54, 1.807) is 6.07 Å². The van der Waals surface area contributed by atoms with Crippen molar-refractivity contribution in [2.45, 2.75) is 25.5 Å². The first-order valence-electron chi connectivity index (χ1n) is 4.92. The van der Waals surface area contributed by atoms with Crippen LogP contribution in [0.2, 0.25) is 0 Å². The third kappa shape index (κ3) is 4.26. The molecule has 0 fully saturated rings. The Labute approximate surface area is 108 Å². The molecular weight excluding hydrogens is 291 g/mol. The van der Waals surface area contributed by atoms with E-state index in [4.69, 9.17) is 0 Å². The Morgan fingerprint density at radius 2 is 2.06 bits per heavy atom. The van der Waals surface area contributed by atoms with Crippen LogP contribution >= 0.6 is 27.7 Å². The SMILES string of the molecule is CC(C)(C)SCC(=O)c1cc(Br)ccc1F. The summed E-state index contributed by atoms with van der Waals surface area (Å²) in [6, 6.07) is 4.42. The quantitative estimate of drug-likeness (QED) is 0.774. The number of thioether (sulfide) groups is 1. The number of hydrogen-bond donors (Lipinski definition) is 0. The van der Waals surface area contributed by atoms with E-state index in [2.05, 4.69) is 15.9 Å². The van der Waals surface area contributed by atoms with E-state index in [0.29, 0.717) is 5.75 Å². The predicted molar refractivity (Wildman–Crippen MR) is 70.6 cm³/mol. The highest BCUT2D eigenvalue weighted by molar-refractivity contribution is 9.10. The standard InChI is InChI=1S/C12H14BrFOS/c1-12(2,3)16-7-11(15)9-6-8(13)4-5-10(9)14/h4-6H,7H2,1-3H3. The van der Waals surface area contributed by atoms with Crippen LogP contribution in [0.15, 0.2) is 22.7 Å². The minimum atomic E-state index is -0.456. The molecule has 0 heterocycles. The lowest BCUT2D eigenvalue weighted by atomic mass is 10.1. The summed E-state index contributed by atoms with van der Waals surface area (Å²) in [6.07, 6.45) is 0. The second kappa shape index (κ2) is 5.32. The first kappa shape index (κ1) is 13.7. The summed E-state index contributed by atoms with van der Waals surface area (Å²) in [5, 5.41) is 0. The van der Waals surface area contributed by atoms with Crippen LogP contribution < -0.4 is 0 Å². The minimum Gasteiger partial charge on any atom is -0.293 e. The Balaban J connectivity index is 2.77. The summed E-state index contributed by atoms with van der Waals surface area (Å²) in [5.41, 5.74) is 0.158. The van der Waals surface area contributed by atoms with Gasteiger partial charge in [0.1, 0.15) is 5.82 Å². The van der Waals surface area contributed by atoms with Gasteiger partial charge in [0.2, 0.25) is 0 Å². The summed E-state index contributed by atoms with van der Waals surface area (Å²) < 4.78 is 14.1.